The van der Waals surface area contributed by atoms with Crippen molar-refractivity contribution in [3.8, 4) is 0 Å². The summed E-state index contributed by atoms with van der Waals surface area (Å²) < 4.78 is 0. The van der Waals surface area contributed by atoms with Gasteiger partial charge in [0.25, 0.3) is 0 Å². The van der Waals surface area contributed by atoms with Crippen molar-refractivity contribution >= 4 is 0 Å². The summed E-state index contributed by atoms with van der Waals surface area (Å²) in [5.74, 6) is 0. The van der Waals surface area contributed by atoms with E-state index in [1.165, 1.54) is 25.7 Å². The zero-order valence-corrected chi connectivity index (χ0v) is 10.2. The van der Waals surface area contributed by atoms with Gasteiger partial charge in [-0.3, -0.25) is 0 Å². The van der Waals surface area contributed by atoms with Crippen molar-refractivity contribution in [2.75, 3.05) is 0 Å². The predicted octanol–water partition coefficient (Wildman–Crippen LogP) is 4.03. The van der Waals surface area contributed by atoms with Gasteiger partial charge in [-0.15, -0.1) is 0 Å². The van der Waals surface area contributed by atoms with E-state index in [2.05, 4.69) is 26.8 Å². The summed E-state index contributed by atoms with van der Waals surface area (Å²) >= 11 is 0. The van der Waals surface area contributed by atoms with Gasteiger partial charge in [0.05, 0.1) is 0 Å². The van der Waals surface area contributed by atoms with Gasteiger partial charge in [-0.1, -0.05) is 45.3 Å². The SMILES string of the molecule is CCC=C(CCCCC)CC(N)CC. The zero-order valence-electron chi connectivity index (χ0n) is 10.2. The van der Waals surface area contributed by atoms with Gasteiger partial charge in [0.15, 0.2) is 0 Å². The van der Waals surface area contributed by atoms with Crippen LogP contribution >= 0.6 is 0 Å². The van der Waals surface area contributed by atoms with Gasteiger partial charge in [-0.2, -0.15) is 0 Å². The van der Waals surface area contributed by atoms with Gasteiger partial charge in [0, 0.05) is 6.04 Å². The van der Waals surface area contributed by atoms with Gasteiger partial charge in [-0.25, -0.2) is 0 Å². The lowest BCUT2D eigenvalue weighted by atomic mass is 9.98. The largest absolute Gasteiger partial charge is 0.327 e. The highest BCUT2D eigenvalue weighted by molar-refractivity contribution is 5.03. The zero-order chi connectivity index (χ0) is 10.8. The number of nitrogens with two attached hydrogens (primary N) is 1. The average molecular weight is 197 g/mol. The van der Waals surface area contributed by atoms with Crippen molar-refractivity contribution < 1.29 is 0 Å². The third-order valence-corrected chi connectivity index (χ3v) is 2.64. The van der Waals surface area contributed by atoms with E-state index in [4.69, 9.17) is 5.73 Å². The molecule has 0 aliphatic rings. The van der Waals surface area contributed by atoms with Crippen LogP contribution in [0.1, 0.15) is 65.7 Å². The molecule has 0 aliphatic carbocycles. The first kappa shape index (κ1) is 13.7. The molecule has 0 saturated heterocycles. The van der Waals surface area contributed by atoms with Crippen molar-refractivity contribution in [1.29, 1.82) is 0 Å². The van der Waals surface area contributed by atoms with Gasteiger partial charge in [0.2, 0.25) is 0 Å². The molecule has 2 N–H and O–H groups in total. The maximum atomic E-state index is 5.97. The molecule has 0 amide bonds. The Kier molecular flexibility index (Phi) is 9.06. The summed E-state index contributed by atoms with van der Waals surface area (Å²) in [6.45, 7) is 6.62. The standard InChI is InChI=1S/C13H27N/c1-4-7-8-10-12(9-5-2)11-13(14)6-3/h9,13H,4-8,10-11,14H2,1-3H3. The fraction of sp³-hybridized carbons (Fsp3) is 0.846. The molecule has 1 heteroatoms. The Morgan fingerprint density at radius 1 is 1.21 bits per heavy atom. The van der Waals surface area contributed by atoms with Gasteiger partial charge in [0.1, 0.15) is 0 Å². The number of hydrogen-bond donors (Lipinski definition) is 1. The Bertz CT molecular complexity index is 149. The summed E-state index contributed by atoms with van der Waals surface area (Å²) in [5, 5.41) is 0. The summed E-state index contributed by atoms with van der Waals surface area (Å²) in [6, 6.07) is 0.370. The fourth-order valence-corrected chi connectivity index (χ4v) is 1.66. The Hall–Kier alpha value is -0.300. The lowest BCUT2D eigenvalue weighted by Gasteiger charge is -2.12. The van der Waals surface area contributed by atoms with E-state index in [1.54, 1.807) is 5.57 Å². The maximum Gasteiger partial charge on any atom is 0.00734 e. The molecule has 1 unspecified atom stereocenters. The van der Waals surface area contributed by atoms with Crippen LogP contribution < -0.4 is 5.73 Å². The van der Waals surface area contributed by atoms with E-state index in [1.807, 2.05) is 0 Å². The second kappa shape index (κ2) is 9.26. The molecule has 84 valence electrons. The second-order valence-electron chi connectivity index (χ2n) is 4.10. The Morgan fingerprint density at radius 2 is 1.93 bits per heavy atom. The van der Waals surface area contributed by atoms with Crippen molar-refractivity contribution in [3.05, 3.63) is 11.6 Å². The summed E-state index contributed by atoms with van der Waals surface area (Å²) in [7, 11) is 0. The van der Waals surface area contributed by atoms with Crippen LogP contribution in [-0.4, -0.2) is 6.04 Å². The minimum absolute atomic E-state index is 0.370. The molecule has 0 aromatic heterocycles. The third-order valence-electron chi connectivity index (χ3n) is 2.64. The molecule has 0 aliphatic heterocycles. The van der Waals surface area contributed by atoms with Crippen LogP contribution in [-0.2, 0) is 0 Å². The summed E-state index contributed by atoms with van der Waals surface area (Å²) in [6.07, 6.45) is 11.0. The first-order chi connectivity index (χ1) is 6.74. The van der Waals surface area contributed by atoms with Crippen LogP contribution in [0.15, 0.2) is 11.6 Å². The Labute approximate surface area is 89.8 Å². The van der Waals surface area contributed by atoms with E-state index < -0.39 is 0 Å². The molecule has 1 nitrogen and oxygen atoms in total. The highest BCUT2D eigenvalue weighted by Crippen LogP contribution is 2.15. The van der Waals surface area contributed by atoms with Crippen molar-refractivity contribution in [2.45, 2.75) is 71.8 Å². The summed E-state index contributed by atoms with van der Waals surface area (Å²) in [5.41, 5.74) is 7.55. The minimum Gasteiger partial charge on any atom is -0.327 e. The number of hydrogen-bond acceptors (Lipinski definition) is 1. The van der Waals surface area contributed by atoms with Crippen LogP contribution in [0, 0.1) is 0 Å². The number of allylic oxidation sites excluding steroid dienone is 1. The summed E-state index contributed by atoms with van der Waals surface area (Å²) in [4.78, 5) is 0. The number of rotatable bonds is 8. The minimum atomic E-state index is 0.370. The van der Waals surface area contributed by atoms with Crippen molar-refractivity contribution in [2.24, 2.45) is 5.73 Å². The molecule has 1 atom stereocenters. The molecular formula is C13H27N. The molecule has 0 saturated carbocycles. The molecule has 0 heterocycles. The van der Waals surface area contributed by atoms with Crippen LogP contribution in [0.5, 0.6) is 0 Å². The van der Waals surface area contributed by atoms with Gasteiger partial charge >= 0.3 is 0 Å². The van der Waals surface area contributed by atoms with Crippen LogP contribution in [0.2, 0.25) is 0 Å². The molecule has 0 bridgehead atoms. The topological polar surface area (TPSA) is 26.0 Å². The molecule has 0 radical (unpaired) electrons. The van der Waals surface area contributed by atoms with E-state index >= 15 is 0 Å². The average Bonchev–Trinajstić information content (AvgIpc) is 2.18. The molecular weight excluding hydrogens is 170 g/mol. The first-order valence-corrected chi connectivity index (χ1v) is 6.18. The second-order valence-corrected chi connectivity index (χ2v) is 4.10. The van der Waals surface area contributed by atoms with Crippen molar-refractivity contribution in [1.82, 2.24) is 0 Å². The molecule has 0 spiro atoms. The highest BCUT2D eigenvalue weighted by Gasteiger charge is 2.03. The fourth-order valence-electron chi connectivity index (χ4n) is 1.66. The van der Waals surface area contributed by atoms with E-state index in [0.717, 1.165) is 19.3 Å². The van der Waals surface area contributed by atoms with E-state index in [0.29, 0.717) is 6.04 Å². The number of unbranched alkanes of at least 4 members (excludes halogenated alkanes) is 2. The monoisotopic (exact) mass is 197 g/mol. The van der Waals surface area contributed by atoms with Crippen LogP contribution in [0.4, 0.5) is 0 Å². The van der Waals surface area contributed by atoms with Gasteiger partial charge in [-0.05, 0) is 32.1 Å². The molecule has 0 rings (SSSR count). The van der Waals surface area contributed by atoms with Crippen LogP contribution in [0.25, 0.3) is 0 Å². The highest BCUT2D eigenvalue weighted by atomic mass is 14.6. The van der Waals surface area contributed by atoms with E-state index in [9.17, 15) is 0 Å². The van der Waals surface area contributed by atoms with Crippen LogP contribution in [0.3, 0.4) is 0 Å². The van der Waals surface area contributed by atoms with E-state index in [-0.39, 0.29) is 0 Å². The quantitative estimate of drug-likeness (QED) is 0.461. The molecule has 0 aromatic carbocycles. The van der Waals surface area contributed by atoms with Crippen molar-refractivity contribution in [3.63, 3.8) is 0 Å². The molecule has 0 fully saturated rings. The normalized spacial score (nSPS) is 14.4. The Morgan fingerprint density at radius 3 is 2.43 bits per heavy atom. The molecule has 14 heavy (non-hydrogen) atoms. The maximum absolute atomic E-state index is 5.97. The first-order valence-electron chi connectivity index (χ1n) is 6.18. The molecule has 0 aromatic rings. The lowest BCUT2D eigenvalue weighted by Crippen LogP contribution is -2.19. The third kappa shape index (κ3) is 7.14. The van der Waals surface area contributed by atoms with Gasteiger partial charge < -0.3 is 5.73 Å². The predicted molar refractivity (Wildman–Crippen MR) is 65.4 cm³/mol. The Balaban J connectivity index is 3.84. The smallest absolute Gasteiger partial charge is 0.00734 e. The lowest BCUT2D eigenvalue weighted by molar-refractivity contribution is 0.609.